The zero-order chi connectivity index (χ0) is 33.6. The largest absolute Gasteiger partial charge is 0.356 e. The quantitative estimate of drug-likeness (QED) is 0.0570. The van der Waals surface area contributed by atoms with E-state index in [1.807, 2.05) is 0 Å². The van der Waals surface area contributed by atoms with Crippen molar-refractivity contribution in [2.75, 3.05) is 6.54 Å². The number of carbonyl (C=O) groups excluding carboxylic acids is 2. The summed E-state index contributed by atoms with van der Waals surface area (Å²) in [5.74, 6) is 0.305. The Bertz CT molecular complexity index is 865. The second-order valence-corrected chi connectivity index (χ2v) is 12.6. The number of hydrogen-bond donors (Lipinski definition) is 2. The van der Waals surface area contributed by atoms with Crippen LogP contribution in [-0.4, -0.2) is 24.4 Å². The second-order valence-electron chi connectivity index (χ2n) is 12.6. The summed E-state index contributed by atoms with van der Waals surface area (Å²) < 4.78 is 0. The monoisotopic (exact) mass is 637 g/mol. The first-order valence-electron chi connectivity index (χ1n) is 19.1. The average molecular weight is 637 g/mol. The van der Waals surface area contributed by atoms with Gasteiger partial charge in [0.05, 0.1) is 0 Å². The number of allylic oxidation sites excluding steroid dienone is 12. The Morgan fingerprint density at radius 3 is 1.46 bits per heavy atom. The van der Waals surface area contributed by atoms with Gasteiger partial charge >= 0.3 is 0 Å². The van der Waals surface area contributed by atoms with Crippen LogP contribution in [0, 0.1) is 0 Å². The molecular formula is C42H72N2O2. The molecule has 0 saturated carbocycles. The third-order valence-electron chi connectivity index (χ3n) is 7.94. The smallest absolute Gasteiger partial charge is 0.220 e. The fraction of sp³-hybridized carbons (Fsp3) is 0.667. The van der Waals surface area contributed by atoms with Gasteiger partial charge in [0.2, 0.25) is 11.8 Å². The molecule has 262 valence electrons. The summed E-state index contributed by atoms with van der Waals surface area (Å²) in [5.41, 5.74) is 0. The van der Waals surface area contributed by atoms with E-state index in [-0.39, 0.29) is 17.9 Å². The lowest BCUT2D eigenvalue weighted by Gasteiger charge is -2.13. The molecule has 0 rings (SSSR count). The van der Waals surface area contributed by atoms with Gasteiger partial charge in [-0.1, -0.05) is 151 Å². The van der Waals surface area contributed by atoms with Crippen molar-refractivity contribution in [3.05, 3.63) is 72.9 Å². The van der Waals surface area contributed by atoms with E-state index in [9.17, 15) is 9.59 Å². The van der Waals surface area contributed by atoms with Crippen LogP contribution in [0.4, 0.5) is 0 Å². The summed E-state index contributed by atoms with van der Waals surface area (Å²) in [5, 5.41) is 6.17. The molecule has 0 fully saturated rings. The van der Waals surface area contributed by atoms with Gasteiger partial charge in [-0.15, -0.1) is 0 Å². The zero-order valence-corrected chi connectivity index (χ0v) is 30.3. The molecule has 0 aliphatic carbocycles. The highest BCUT2D eigenvalue weighted by Crippen LogP contribution is 2.12. The molecule has 0 aromatic rings. The highest BCUT2D eigenvalue weighted by molar-refractivity contribution is 5.76. The molecule has 0 aliphatic rings. The van der Waals surface area contributed by atoms with Gasteiger partial charge in [-0.3, -0.25) is 9.59 Å². The van der Waals surface area contributed by atoms with Crippen molar-refractivity contribution in [1.82, 2.24) is 10.6 Å². The van der Waals surface area contributed by atoms with Crippen molar-refractivity contribution in [2.45, 2.75) is 174 Å². The van der Waals surface area contributed by atoms with E-state index < -0.39 is 0 Å². The zero-order valence-electron chi connectivity index (χ0n) is 30.3. The summed E-state index contributed by atoms with van der Waals surface area (Å²) >= 11 is 0. The molecule has 0 aromatic carbocycles. The summed E-state index contributed by atoms with van der Waals surface area (Å²) in [7, 11) is 0. The Hall–Kier alpha value is -2.62. The minimum atomic E-state index is 0.118. The van der Waals surface area contributed by atoms with Gasteiger partial charge in [-0.2, -0.15) is 0 Å². The van der Waals surface area contributed by atoms with Crippen molar-refractivity contribution in [3.63, 3.8) is 0 Å². The predicted molar refractivity (Wildman–Crippen MR) is 203 cm³/mol. The highest BCUT2D eigenvalue weighted by Gasteiger charge is 2.07. The fourth-order valence-electron chi connectivity index (χ4n) is 5.11. The van der Waals surface area contributed by atoms with Crippen molar-refractivity contribution in [3.8, 4) is 0 Å². The van der Waals surface area contributed by atoms with E-state index in [1.54, 1.807) is 0 Å². The molecule has 1 atom stereocenters. The lowest BCUT2D eigenvalue weighted by molar-refractivity contribution is -0.122. The van der Waals surface area contributed by atoms with Crippen LogP contribution < -0.4 is 10.6 Å². The van der Waals surface area contributed by atoms with Crippen LogP contribution in [-0.2, 0) is 9.59 Å². The Morgan fingerprint density at radius 1 is 0.500 bits per heavy atom. The lowest BCUT2D eigenvalue weighted by atomic mass is 10.1. The van der Waals surface area contributed by atoms with E-state index >= 15 is 0 Å². The van der Waals surface area contributed by atoms with Gasteiger partial charge in [0.1, 0.15) is 0 Å². The van der Waals surface area contributed by atoms with Crippen LogP contribution in [0.3, 0.4) is 0 Å². The second kappa shape index (κ2) is 36.8. The molecule has 0 aromatic heterocycles. The van der Waals surface area contributed by atoms with Crippen molar-refractivity contribution in [2.24, 2.45) is 0 Å². The molecule has 4 heteroatoms. The third kappa shape index (κ3) is 35.9. The van der Waals surface area contributed by atoms with Crippen molar-refractivity contribution in [1.29, 1.82) is 0 Å². The van der Waals surface area contributed by atoms with Gasteiger partial charge in [0.15, 0.2) is 0 Å². The fourth-order valence-corrected chi connectivity index (χ4v) is 5.11. The predicted octanol–water partition coefficient (Wildman–Crippen LogP) is 12.0. The van der Waals surface area contributed by atoms with Crippen LogP contribution in [0.15, 0.2) is 72.9 Å². The van der Waals surface area contributed by atoms with Crippen LogP contribution in [0.2, 0.25) is 0 Å². The van der Waals surface area contributed by atoms with Crippen LogP contribution in [0.5, 0.6) is 0 Å². The maximum atomic E-state index is 12.2. The standard InChI is InChI=1S/C42H72N2O2/c1-4-6-8-10-12-14-16-17-18-19-20-21-22-23-25-27-29-31-33-38-42(46)44-40(3)36-34-35-39-43-41(45)37-32-30-28-26-24-15-13-11-9-7-5-2/h6,8,12,14,17-18,20-21,23,25,29,31,40H,4-5,7,9-11,13,15-16,19,22,24,26-28,30,32-39H2,1-3H3,(H,43,45)(H,44,46)/b8-6-,14-12-,18-17-,21-20-,25-23-,31-29-/t40-/m1/s1. The van der Waals surface area contributed by atoms with Crippen LogP contribution in [0.25, 0.3) is 0 Å². The number of hydrogen-bond acceptors (Lipinski definition) is 2. The van der Waals surface area contributed by atoms with Crippen LogP contribution >= 0.6 is 0 Å². The van der Waals surface area contributed by atoms with Gasteiger partial charge in [0.25, 0.3) is 0 Å². The summed E-state index contributed by atoms with van der Waals surface area (Å²) in [6.45, 7) is 7.23. The molecule has 0 saturated heterocycles. The van der Waals surface area contributed by atoms with Crippen molar-refractivity contribution >= 4 is 11.8 Å². The molecule has 0 radical (unpaired) electrons. The van der Waals surface area contributed by atoms with Gasteiger partial charge in [-0.25, -0.2) is 0 Å². The molecule has 0 spiro atoms. The molecule has 0 heterocycles. The van der Waals surface area contributed by atoms with E-state index in [4.69, 9.17) is 0 Å². The third-order valence-corrected chi connectivity index (χ3v) is 7.94. The highest BCUT2D eigenvalue weighted by atomic mass is 16.2. The number of carbonyl (C=O) groups is 2. The first kappa shape index (κ1) is 43.4. The normalized spacial score (nSPS) is 13.0. The minimum absolute atomic E-state index is 0.118. The Kier molecular flexibility index (Phi) is 34.7. The van der Waals surface area contributed by atoms with E-state index in [0.717, 1.165) is 77.2 Å². The number of nitrogens with one attached hydrogen (secondary N) is 2. The maximum absolute atomic E-state index is 12.2. The molecular weight excluding hydrogens is 564 g/mol. The SMILES string of the molecule is CC/C=C\C/C=C\C/C=C\C/C=C\C/C=C\C/C=C\CCC(=O)N[C@H](C)CCCCNC(=O)CCCCCCCCCCCCC. The van der Waals surface area contributed by atoms with E-state index in [1.165, 1.54) is 64.2 Å². The Balaban J connectivity index is 3.59. The first-order chi connectivity index (χ1) is 22.6. The molecule has 0 bridgehead atoms. The number of amides is 2. The molecule has 2 amide bonds. The molecule has 4 nitrogen and oxygen atoms in total. The minimum Gasteiger partial charge on any atom is -0.356 e. The van der Waals surface area contributed by atoms with Gasteiger partial charge in [0, 0.05) is 25.4 Å². The summed E-state index contributed by atoms with van der Waals surface area (Å²) in [6.07, 6.45) is 51.5. The summed E-state index contributed by atoms with van der Waals surface area (Å²) in [4.78, 5) is 24.3. The summed E-state index contributed by atoms with van der Waals surface area (Å²) in [6, 6.07) is 0.171. The molecule has 0 unspecified atom stereocenters. The van der Waals surface area contributed by atoms with E-state index in [0.29, 0.717) is 12.8 Å². The topological polar surface area (TPSA) is 58.2 Å². The maximum Gasteiger partial charge on any atom is 0.220 e. The molecule has 2 N–H and O–H groups in total. The first-order valence-corrected chi connectivity index (χ1v) is 19.1. The molecule has 0 aliphatic heterocycles. The number of rotatable bonds is 32. The van der Waals surface area contributed by atoms with Crippen LogP contribution in [0.1, 0.15) is 168 Å². The Labute approximate surface area is 285 Å². The van der Waals surface area contributed by atoms with Gasteiger partial charge in [-0.05, 0) is 77.6 Å². The Morgan fingerprint density at radius 2 is 0.957 bits per heavy atom. The van der Waals surface area contributed by atoms with Crippen molar-refractivity contribution < 1.29 is 9.59 Å². The van der Waals surface area contributed by atoms with E-state index in [2.05, 4.69) is 104 Å². The number of unbranched alkanes of at least 4 members (excludes halogenated alkanes) is 11. The average Bonchev–Trinajstić information content (AvgIpc) is 3.04. The molecule has 46 heavy (non-hydrogen) atoms. The lowest BCUT2D eigenvalue weighted by Crippen LogP contribution is -2.32. The van der Waals surface area contributed by atoms with Gasteiger partial charge < -0.3 is 10.6 Å².